The van der Waals surface area contributed by atoms with E-state index in [9.17, 15) is 14.7 Å². The van der Waals surface area contributed by atoms with Crippen molar-refractivity contribution in [3.63, 3.8) is 0 Å². The number of nitrogens with zero attached hydrogens (tertiary/aromatic N) is 3. The Morgan fingerprint density at radius 3 is 2.20 bits per heavy atom. The van der Waals surface area contributed by atoms with Gasteiger partial charge in [0.2, 0.25) is 0 Å². The van der Waals surface area contributed by atoms with Crippen LogP contribution in [0.2, 0.25) is 0 Å². The van der Waals surface area contributed by atoms with E-state index < -0.39 is 5.97 Å². The normalized spacial score (nSPS) is 11.0. The molecule has 132 valence electrons. The van der Waals surface area contributed by atoms with Crippen LogP contribution in [0, 0.1) is 6.92 Å². The first-order valence-corrected chi connectivity index (χ1v) is 8.23. The predicted molar refractivity (Wildman–Crippen MR) is 95.6 cm³/mol. The fourth-order valence-corrected chi connectivity index (χ4v) is 2.87. The summed E-state index contributed by atoms with van der Waals surface area (Å²) < 4.78 is 0. The topological polar surface area (TPSA) is 83.4 Å². The van der Waals surface area contributed by atoms with Crippen LogP contribution in [0.3, 0.4) is 0 Å². The minimum absolute atomic E-state index is 0.0357. The van der Waals surface area contributed by atoms with Crippen molar-refractivity contribution < 1.29 is 14.7 Å². The zero-order chi connectivity index (χ0) is 18.7. The van der Waals surface area contributed by atoms with Gasteiger partial charge in [-0.3, -0.25) is 4.79 Å². The maximum atomic E-state index is 13.1. The van der Waals surface area contributed by atoms with Gasteiger partial charge in [-0.1, -0.05) is 18.2 Å². The minimum Gasteiger partial charge on any atom is -0.477 e. The van der Waals surface area contributed by atoms with Gasteiger partial charge < -0.3 is 10.0 Å². The van der Waals surface area contributed by atoms with E-state index in [0.29, 0.717) is 16.8 Å². The van der Waals surface area contributed by atoms with Gasteiger partial charge in [0.15, 0.2) is 11.5 Å². The molecule has 0 saturated carbocycles. The van der Waals surface area contributed by atoms with Crippen LogP contribution in [0.1, 0.15) is 54.2 Å². The fraction of sp³-hybridized carbons (Fsp3) is 0.368. The van der Waals surface area contributed by atoms with Gasteiger partial charge in [0.1, 0.15) is 0 Å². The van der Waals surface area contributed by atoms with Gasteiger partial charge in [-0.25, -0.2) is 14.8 Å². The van der Waals surface area contributed by atoms with Crippen LogP contribution in [0.4, 0.5) is 0 Å². The van der Waals surface area contributed by atoms with Crippen LogP contribution in [0.5, 0.6) is 0 Å². The van der Waals surface area contributed by atoms with Crippen LogP contribution < -0.4 is 0 Å². The van der Waals surface area contributed by atoms with Crippen molar-refractivity contribution in [2.45, 2.75) is 46.7 Å². The predicted octanol–water partition coefficient (Wildman–Crippen LogP) is 3.41. The van der Waals surface area contributed by atoms with Gasteiger partial charge in [-0.15, -0.1) is 0 Å². The molecule has 2 aromatic rings. The Morgan fingerprint density at radius 1 is 1.04 bits per heavy atom. The van der Waals surface area contributed by atoms with Crippen LogP contribution in [-0.4, -0.2) is 43.9 Å². The Kier molecular flexibility index (Phi) is 5.51. The largest absolute Gasteiger partial charge is 0.477 e. The molecule has 0 aliphatic carbocycles. The van der Waals surface area contributed by atoms with Crippen molar-refractivity contribution in [1.82, 2.24) is 14.9 Å². The van der Waals surface area contributed by atoms with Crippen molar-refractivity contribution in [2.75, 3.05) is 0 Å². The number of rotatable bonds is 5. The molecule has 6 heteroatoms. The van der Waals surface area contributed by atoms with E-state index >= 15 is 0 Å². The molecule has 0 unspecified atom stereocenters. The van der Waals surface area contributed by atoms with Gasteiger partial charge in [0.25, 0.3) is 5.91 Å². The molecule has 0 aliphatic rings. The highest BCUT2D eigenvalue weighted by Crippen LogP contribution is 2.24. The lowest BCUT2D eigenvalue weighted by atomic mass is 10.0. The van der Waals surface area contributed by atoms with Crippen LogP contribution in [-0.2, 0) is 0 Å². The van der Waals surface area contributed by atoms with Gasteiger partial charge in [-0.05, 0) is 46.8 Å². The van der Waals surface area contributed by atoms with E-state index in [4.69, 9.17) is 0 Å². The van der Waals surface area contributed by atoms with E-state index in [-0.39, 0.29) is 29.5 Å². The number of amides is 1. The van der Waals surface area contributed by atoms with Crippen LogP contribution in [0.15, 0.2) is 30.3 Å². The SMILES string of the molecule is Cc1cc(C(=O)O)nc(-c2ccccc2C(=O)N(C(C)C)C(C)C)n1. The first-order valence-electron chi connectivity index (χ1n) is 8.23. The van der Waals surface area contributed by atoms with Gasteiger partial charge >= 0.3 is 5.97 Å². The standard InChI is InChI=1S/C19H23N3O3/c1-11(2)22(12(3)4)18(23)15-9-7-6-8-14(15)17-20-13(5)10-16(21-17)19(24)25/h6-12H,1-5H3,(H,24,25). The number of carbonyl (C=O) groups excluding carboxylic acids is 1. The number of benzene rings is 1. The van der Waals surface area contributed by atoms with Crippen LogP contribution in [0.25, 0.3) is 11.4 Å². The number of carbonyl (C=O) groups is 2. The molecule has 0 aliphatic heterocycles. The van der Waals surface area contributed by atoms with E-state index in [1.165, 1.54) is 6.07 Å². The van der Waals surface area contributed by atoms with Crippen LogP contribution >= 0.6 is 0 Å². The summed E-state index contributed by atoms with van der Waals surface area (Å²) in [6.07, 6.45) is 0. The van der Waals surface area contributed by atoms with Gasteiger partial charge in [0, 0.05) is 23.3 Å². The molecule has 0 spiro atoms. The van der Waals surface area contributed by atoms with Crippen molar-refractivity contribution in [3.8, 4) is 11.4 Å². The molecule has 0 fully saturated rings. The molecule has 1 aromatic carbocycles. The number of hydrogen-bond acceptors (Lipinski definition) is 4. The molecular weight excluding hydrogens is 318 g/mol. The summed E-state index contributed by atoms with van der Waals surface area (Å²) in [7, 11) is 0. The summed E-state index contributed by atoms with van der Waals surface area (Å²) >= 11 is 0. The number of aryl methyl sites for hydroxylation is 1. The second kappa shape index (κ2) is 7.42. The number of aromatic nitrogens is 2. The van der Waals surface area contributed by atoms with Crippen molar-refractivity contribution >= 4 is 11.9 Å². The molecule has 25 heavy (non-hydrogen) atoms. The highest BCUT2D eigenvalue weighted by Gasteiger charge is 2.25. The fourth-order valence-electron chi connectivity index (χ4n) is 2.87. The molecule has 2 rings (SSSR count). The molecule has 0 bridgehead atoms. The summed E-state index contributed by atoms with van der Waals surface area (Å²) in [6.45, 7) is 9.56. The maximum absolute atomic E-state index is 13.1. The number of carboxylic acid groups (broad SMARTS) is 1. The van der Waals surface area contributed by atoms with Crippen molar-refractivity contribution in [1.29, 1.82) is 0 Å². The summed E-state index contributed by atoms with van der Waals surface area (Å²) in [4.78, 5) is 34.6. The van der Waals surface area contributed by atoms with Gasteiger partial charge in [-0.2, -0.15) is 0 Å². The lowest BCUT2D eigenvalue weighted by Crippen LogP contribution is -2.42. The zero-order valence-electron chi connectivity index (χ0n) is 15.1. The number of carboxylic acids is 1. The van der Waals surface area contributed by atoms with E-state index in [1.54, 1.807) is 36.1 Å². The molecule has 1 amide bonds. The molecule has 6 nitrogen and oxygen atoms in total. The molecule has 0 saturated heterocycles. The molecule has 1 aromatic heterocycles. The Morgan fingerprint density at radius 2 is 1.64 bits per heavy atom. The number of aromatic carboxylic acids is 1. The average molecular weight is 341 g/mol. The molecule has 1 N–H and O–H groups in total. The first-order chi connectivity index (χ1) is 11.7. The quantitative estimate of drug-likeness (QED) is 0.901. The van der Waals surface area contributed by atoms with E-state index in [2.05, 4.69) is 9.97 Å². The molecule has 0 radical (unpaired) electrons. The molecular formula is C19H23N3O3. The second-order valence-electron chi connectivity index (χ2n) is 6.47. The summed E-state index contributed by atoms with van der Waals surface area (Å²) in [5.41, 5.74) is 1.44. The van der Waals surface area contributed by atoms with E-state index in [1.807, 2.05) is 27.7 Å². The lowest BCUT2D eigenvalue weighted by molar-refractivity contribution is 0.0643. The van der Waals surface area contributed by atoms with Crippen molar-refractivity contribution in [2.24, 2.45) is 0 Å². The average Bonchev–Trinajstić information content (AvgIpc) is 2.53. The monoisotopic (exact) mass is 341 g/mol. The summed E-state index contributed by atoms with van der Waals surface area (Å²) in [5.74, 6) is -1.00. The third-order valence-corrected chi connectivity index (χ3v) is 3.82. The first kappa shape index (κ1) is 18.6. The Hall–Kier alpha value is -2.76. The Bertz CT molecular complexity index is 792. The van der Waals surface area contributed by atoms with Crippen molar-refractivity contribution in [3.05, 3.63) is 47.3 Å². The molecule has 0 atom stereocenters. The third kappa shape index (κ3) is 4.02. The second-order valence-corrected chi connectivity index (χ2v) is 6.47. The molecule has 1 heterocycles. The Balaban J connectivity index is 2.59. The maximum Gasteiger partial charge on any atom is 0.354 e. The highest BCUT2D eigenvalue weighted by atomic mass is 16.4. The summed E-state index contributed by atoms with van der Waals surface area (Å²) in [6, 6.07) is 8.51. The Labute approximate surface area is 147 Å². The summed E-state index contributed by atoms with van der Waals surface area (Å²) in [5, 5.41) is 9.23. The van der Waals surface area contributed by atoms with E-state index in [0.717, 1.165) is 0 Å². The highest BCUT2D eigenvalue weighted by molar-refractivity contribution is 6.00. The lowest BCUT2D eigenvalue weighted by Gasteiger charge is -2.31. The van der Waals surface area contributed by atoms with Gasteiger partial charge in [0.05, 0.1) is 5.56 Å². The zero-order valence-corrected chi connectivity index (χ0v) is 15.1. The minimum atomic E-state index is -1.12. The number of hydrogen-bond donors (Lipinski definition) is 1. The third-order valence-electron chi connectivity index (χ3n) is 3.82. The smallest absolute Gasteiger partial charge is 0.354 e.